The van der Waals surface area contributed by atoms with Gasteiger partial charge in [0.05, 0.1) is 6.61 Å². The third-order valence-electron chi connectivity index (χ3n) is 9.82. The van der Waals surface area contributed by atoms with Crippen molar-refractivity contribution in [2.45, 2.75) is 179 Å². The Morgan fingerprint density at radius 1 is 0.531 bits per heavy atom. The summed E-state index contributed by atoms with van der Waals surface area (Å²) in [6, 6.07) is 0. The van der Waals surface area contributed by atoms with Crippen molar-refractivity contribution in [3.63, 3.8) is 0 Å². The lowest BCUT2D eigenvalue weighted by molar-refractivity contribution is -0.297. The molecule has 0 aromatic rings. The summed E-state index contributed by atoms with van der Waals surface area (Å²) in [7, 11) is -4.62. The molecule has 1 aliphatic rings. The Labute approximate surface area is 385 Å². The molecule has 64 heavy (non-hydrogen) atoms. The number of aliphatic hydroxyl groups excluding tert-OH is 3. The third kappa shape index (κ3) is 33.8. The molecule has 12 nitrogen and oxygen atoms in total. The van der Waals surface area contributed by atoms with E-state index in [0.717, 1.165) is 77.0 Å². The highest BCUT2D eigenvalue weighted by Crippen LogP contribution is 2.24. The van der Waals surface area contributed by atoms with Gasteiger partial charge >= 0.3 is 11.9 Å². The van der Waals surface area contributed by atoms with E-state index >= 15 is 0 Å². The van der Waals surface area contributed by atoms with E-state index in [0.29, 0.717) is 12.8 Å². The predicted octanol–water partition coefficient (Wildman–Crippen LogP) is 10.0. The molecule has 0 spiro atoms. The zero-order valence-electron chi connectivity index (χ0n) is 38.6. The molecule has 0 aromatic heterocycles. The van der Waals surface area contributed by atoms with Crippen LogP contribution in [0.3, 0.4) is 0 Å². The number of hydrogen-bond donors (Lipinski definition) is 4. The quantitative estimate of drug-likeness (QED) is 0.0200. The average Bonchev–Trinajstić information content (AvgIpc) is 3.26. The lowest BCUT2D eigenvalue weighted by atomic mass is 10.00. The first kappa shape index (κ1) is 58.3. The molecule has 0 radical (unpaired) electrons. The Bertz CT molecular complexity index is 1590. The van der Waals surface area contributed by atoms with Gasteiger partial charge in [-0.25, -0.2) is 0 Å². The second-order valence-corrected chi connectivity index (χ2v) is 17.2. The van der Waals surface area contributed by atoms with E-state index in [-0.39, 0.29) is 19.4 Å². The molecule has 0 aromatic carbocycles. The van der Waals surface area contributed by atoms with E-state index < -0.39 is 71.2 Å². The molecular weight excluding hydrogens is 837 g/mol. The Morgan fingerprint density at radius 3 is 1.48 bits per heavy atom. The van der Waals surface area contributed by atoms with Crippen molar-refractivity contribution in [3.05, 3.63) is 109 Å². The van der Waals surface area contributed by atoms with Crippen molar-refractivity contribution < 1.29 is 56.8 Å². The van der Waals surface area contributed by atoms with Crippen LogP contribution in [-0.4, -0.2) is 96.0 Å². The van der Waals surface area contributed by atoms with Crippen LogP contribution in [0.15, 0.2) is 109 Å². The first-order valence-electron chi connectivity index (χ1n) is 23.4. The van der Waals surface area contributed by atoms with Crippen LogP contribution in [0.5, 0.6) is 0 Å². The molecule has 0 amide bonds. The van der Waals surface area contributed by atoms with Gasteiger partial charge in [0.1, 0.15) is 36.8 Å². The van der Waals surface area contributed by atoms with Gasteiger partial charge < -0.3 is 34.3 Å². The minimum atomic E-state index is -4.62. The monoisotopic (exact) mass is 917 g/mol. The molecular formula is C51H80O12S. The third-order valence-corrected chi connectivity index (χ3v) is 10.6. The van der Waals surface area contributed by atoms with Gasteiger partial charge in [-0.05, 0) is 89.9 Å². The zero-order chi connectivity index (χ0) is 46.9. The topological polar surface area (TPSA) is 186 Å². The molecule has 1 aliphatic heterocycles. The Kier molecular flexibility index (Phi) is 36.1. The molecule has 1 heterocycles. The summed E-state index contributed by atoms with van der Waals surface area (Å²) in [5.74, 6) is -2.15. The van der Waals surface area contributed by atoms with Crippen LogP contribution < -0.4 is 0 Å². The highest BCUT2D eigenvalue weighted by atomic mass is 32.2. The largest absolute Gasteiger partial charge is 0.462 e. The number of rotatable bonds is 37. The van der Waals surface area contributed by atoms with Crippen LogP contribution >= 0.6 is 0 Å². The van der Waals surface area contributed by atoms with E-state index in [1.807, 2.05) is 12.2 Å². The van der Waals surface area contributed by atoms with Crippen LogP contribution in [0.2, 0.25) is 0 Å². The Morgan fingerprint density at radius 2 is 1.00 bits per heavy atom. The molecule has 6 atom stereocenters. The molecule has 0 bridgehead atoms. The lowest BCUT2D eigenvalue weighted by Gasteiger charge is -2.40. The fourth-order valence-electron chi connectivity index (χ4n) is 6.18. The maximum absolute atomic E-state index is 12.8. The molecule has 0 saturated carbocycles. The number of carbonyl (C=O) groups excluding carboxylic acids is 2. The second kappa shape index (κ2) is 39.7. The van der Waals surface area contributed by atoms with E-state index in [2.05, 4.69) is 111 Å². The van der Waals surface area contributed by atoms with E-state index in [1.165, 1.54) is 25.7 Å². The summed E-state index contributed by atoms with van der Waals surface area (Å²) in [6.07, 6.45) is 45.7. The van der Waals surface area contributed by atoms with Gasteiger partial charge in [0.2, 0.25) is 0 Å². The normalized spacial score (nSPS) is 20.6. The minimum absolute atomic E-state index is 0.0812. The van der Waals surface area contributed by atoms with Gasteiger partial charge in [-0.15, -0.1) is 0 Å². The SMILES string of the molecule is CCC/C=C/C/C=C/C/C=C/C/C=C/CCCCCC(=O)O[C@H](COC(=O)CC/C=C/C/C=C/C/C=C/C/C=C/C/C=C/CCCCC)CO[C@H]1O[C@H](CS(=O)(=O)O)[C@@H](O)C(O)C1O. The summed E-state index contributed by atoms with van der Waals surface area (Å²) in [4.78, 5) is 25.4. The lowest BCUT2D eigenvalue weighted by Crippen LogP contribution is -2.60. The number of allylic oxidation sites excluding steroid dienone is 18. The number of ether oxygens (including phenoxy) is 4. The standard InChI is InChI=1S/C51H80O12S/c1-3-5-7-9-11-13-15-17-19-21-22-24-25-27-29-31-33-35-37-39-46(52)60-41-44(42-61-51-50(56)49(55)48(54)45(63-51)43-64(57,58)59)62-47(53)40-38-36-34-32-30-28-26-23-20-18-16-14-12-10-8-6-4-2/h8,10-11,13-14,16-17,19-20,22-24,27-30,33,35,44-45,48-51,54-56H,3-7,9,12,15,18,21,25-26,31-32,34,36-43H2,1-2H3,(H,57,58,59)/b10-8+,13-11+,16-14+,19-17+,23-20+,24-22+,29-27+,30-28+,35-33+/t44-,45-,48-,49?,50?,51+/m1/s1. The molecule has 4 N–H and O–H groups in total. The summed E-state index contributed by atoms with van der Waals surface area (Å²) < 4.78 is 54.0. The van der Waals surface area contributed by atoms with Crippen LogP contribution in [0, 0.1) is 0 Å². The van der Waals surface area contributed by atoms with Crippen molar-refractivity contribution >= 4 is 22.1 Å². The van der Waals surface area contributed by atoms with Gasteiger partial charge in [-0.2, -0.15) is 8.42 Å². The summed E-state index contributed by atoms with van der Waals surface area (Å²) in [5.41, 5.74) is 0. The fourth-order valence-corrected chi connectivity index (χ4v) is 6.87. The molecule has 1 saturated heterocycles. The van der Waals surface area contributed by atoms with Crippen LogP contribution in [0.4, 0.5) is 0 Å². The summed E-state index contributed by atoms with van der Waals surface area (Å²) in [6.45, 7) is 3.56. The van der Waals surface area contributed by atoms with Crippen LogP contribution in [0.1, 0.15) is 142 Å². The van der Waals surface area contributed by atoms with Crippen molar-refractivity contribution in [2.75, 3.05) is 19.0 Å². The number of aliphatic hydroxyl groups is 3. The van der Waals surface area contributed by atoms with Crippen molar-refractivity contribution in [3.8, 4) is 0 Å². The van der Waals surface area contributed by atoms with E-state index in [9.17, 15) is 37.9 Å². The first-order chi connectivity index (χ1) is 31.0. The van der Waals surface area contributed by atoms with Gasteiger partial charge in [-0.3, -0.25) is 14.1 Å². The van der Waals surface area contributed by atoms with Crippen LogP contribution in [0.25, 0.3) is 0 Å². The van der Waals surface area contributed by atoms with E-state index in [4.69, 9.17) is 18.9 Å². The Balaban J connectivity index is 2.52. The van der Waals surface area contributed by atoms with Gasteiger partial charge in [0, 0.05) is 12.8 Å². The smallest absolute Gasteiger partial charge is 0.306 e. The minimum Gasteiger partial charge on any atom is -0.462 e. The van der Waals surface area contributed by atoms with Crippen LogP contribution in [-0.2, 0) is 38.7 Å². The number of unbranched alkanes of at least 4 members (excludes halogenated alkanes) is 7. The van der Waals surface area contributed by atoms with Gasteiger partial charge in [-0.1, -0.05) is 149 Å². The number of hydrogen-bond acceptors (Lipinski definition) is 11. The van der Waals surface area contributed by atoms with Crippen molar-refractivity contribution in [1.29, 1.82) is 0 Å². The zero-order valence-corrected chi connectivity index (χ0v) is 39.4. The van der Waals surface area contributed by atoms with E-state index in [1.54, 1.807) is 0 Å². The predicted molar refractivity (Wildman–Crippen MR) is 256 cm³/mol. The van der Waals surface area contributed by atoms with Crippen molar-refractivity contribution in [1.82, 2.24) is 0 Å². The number of esters is 2. The molecule has 13 heteroatoms. The average molecular weight is 917 g/mol. The van der Waals surface area contributed by atoms with Gasteiger partial charge in [0.25, 0.3) is 10.1 Å². The molecule has 2 unspecified atom stereocenters. The highest BCUT2D eigenvalue weighted by Gasteiger charge is 2.46. The van der Waals surface area contributed by atoms with Crippen molar-refractivity contribution in [2.24, 2.45) is 0 Å². The van der Waals surface area contributed by atoms with Gasteiger partial charge in [0.15, 0.2) is 12.4 Å². The summed E-state index contributed by atoms with van der Waals surface area (Å²) >= 11 is 0. The molecule has 1 fully saturated rings. The molecule has 362 valence electrons. The maximum Gasteiger partial charge on any atom is 0.306 e. The first-order valence-corrected chi connectivity index (χ1v) is 25.1. The highest BCUT2D eigenvalue weighted by molar-refractivity contribution is 7.85. The Hall–Kier alpha value is -3.69. The fraction of sp³-hybridized carbons (Fsp3) is 0.608. The summed E-state index contributed by atoms with van der Waals surface area (Å²) in [5, 5.41) is 30.9. The molecule has 0 aliphatic carbocycles. The maximum atomic E-state index is 12.8. The second-order valence-electron chi connectivity index (χ2n) is 15.7. The number of carbonyl (C=O) groups is 2. The molecule has 1 rings (SSSR count).